The van der Waals surface area contributed by atoms with Crippen LogP contribution in [0.4, 0.5) is 13.2 Å². The number of carboxylic acid groups (broad SMARTS) is 1. The second-order valence-corrected chi connectivity index (χ2v) is 5.93. The Balaban J connectivity index is 2.01. The summed E-state index contributed by atoms with van der Waals surface area (Å²) >= 11 is 0. The van der Waals surface area contributed by atoms with Gasteiger partial charge in [-0.25, -0.2) is 4.79 Å². The van der Waals surface area contributed by atoms with Crippen LogP contribution in [0.25, 0.3) is 11.1 Å². The summed E-state index contributed by atoms with van der Waals surface area (Å²) in [5, 5.41) is 11.9. The van der Waals surface area contributed by atoms with Gasteiger partial charge in [-0.2, -0.15) is 13.2 Å². The first-order valence-corrected chi connectivity index (χ1v) is 7.61. The predicted molar refractivity (Wildman–Crippen MR) is 84.3 cm³/mol. The molecule has 1 saturated carbocycles. The Labute approximate surface area is 141 Å². The summed E-state index contributed by atoms with van der Waals surface area (Å²) in [4.78, 5) is 23.2. The fourth-order valence-electron chi connectivity index (χ4n) is 2.42. The van der Waals surface area contributed by atoms with Gasteiger partial charge in [0.15, 0.2) is 0 Å². The van der Waals surface area contributed by atoms with E-state index in [1.54, 1.807) is 12.1 Å². The Morgan fingerprint density at radius 1 is 1.00 bits per heavy atom. The molecule has 0 aromatic heterocycles. The smallest absolute Gasteiger partial charge is 0.416 e. The number of alkyl halides is 3. The molecule has 0 heterocycles. The average Bonchev–Trinajstić information content (AvgIpc) is 3.37. The molecule has 0 saturated heterocycles. The summed E-state index contributed by atoms with van der Waals surface area (Å²) in [7, 11) is 0. The van der Waals surface area contributed by atoms with E-state index in [4.69, 9.17) is 5.11 Å². The number of carbonyl (C=O) groups is 2. The Bertz CT molecular complexity index is 842. The molecule has 25 heavy (non-hydrogen) atoms. The van der Waals surface area contributed by atoms with E-state index in [1.807, 2.05) is 0 Å². The second-order valence-electron chi connectivity index (χ2n) is 5.93. The third-order valence-electron chi connectivity index (χ3n) is 3.88. The molecular formula is C18H14F3NO3. The highest BCUT2D eigenvalue weighted by Crippen LogP contribution is 2.33. The van der Waals surface area contributed by atoms with Gasteiger partial charge in [0.25, 0.3) is 5.91 Å². The highest BCUT2D eigenvalue weighted by molar-refractivity contribution is 5.96. The lowest BCUT2D eigenvalue weighted by Gasteiger charge is -2.12. The van der Waals surface area contributed by atoms with E-state index < -0.39 is 23.3 Å². The van der Waals surface area contributed by atoms with Crippen molar-refractivity contribution in [2.75, 3.05) is 0 Å². The molecule has 2 N–H and O–H groups in total. The van der Waals surface area contributed by atoms with E-state index in [9.17, 15) is 22.8 Å². The van der Waals surface area contributed by atoms with Crippen molar-refractivity contribution in [1.82, 2.24) is 5.32 Å². The maximum atomic E-state index is 13.0. The molecule has 1 amide bonds. The Morgan fingerprint density at radius 2 is 1.68 bits per heavy atom. The Kier molecular flexibility index (Phi) is 4.24. The molecule has 1 aliphatic carbocycles. The quantitative estimate of drug-likeness (QED) is 0.878. The van der Waals surface area contributed by atoms with E-state index in [0.717, 1.165) is 25.0 Å². The van der Waals surface area contributed by atoms with Crippen LogP contribution in [0.5, 0.6) is 0 Å². The van der Waals surface area contributed by atoms with Crippen molar-refractivity contribution in [3.8, 4) is 11.1 Å². The van der Waals surface area contributed by atoms with Gasteiger partial charge < -0.3 is 10.4 Å². The molecule has 0 bridgehead atoms. The standard InChI is InChI=1S/C18H14F3NO3/c19-18(20,21)14-8-12(7-13(9-14)17(24)25)10-2-1-3-11(6-10)16(23)22-15-4-5-15/h1-3,6-9,15H,4-5H2,(H,22,23)(H,24,25). The monoisotopic (exact) mass is 349 g/mol. The average molecular weight is 349 g/mol. The number of rotatable bonds is 4. The third-order valence-corrected chi connectivity index (χ3v) is 3.88. The predicted octanol–water partition coefficient (Wildman–Crippen LogP) is 3.96. The normalized spacial score (nSPS) is 14.2. The van der Waals surface area contributed by atoms with Crippen LogP contribution in [-0.4, -0.2) is 23.0 Å². The fraction of sp³-hybridized carbons (Fsp3) is 0.222. The summed E-state index contributed by atoms with van der Waals surface area (Å²) in [6, 6.07) is 8.90. The molecule has 0 radical (unpaired) electrons. The molecule has 1 aliphatic rings. The SMILES string of the molecule is O=C(O)c1cc(-c2cccc(C(=O)NC3CC3)c2)cc(C(F)(F)F)c1. The fourth-order valence-corrected chi connectivity index (χ4v) is 2.42. The Hall–Kier alpha value is -2.83. The van der Waals surface area contributed by atoms with Gasteiger partial charge in [-0.15, -0.1) is 0 Å². The molecular weight excluding hydrogens is 335 g/mol. The Morgan fingerprint density at radius 3 is 2.28 bits per heavy atom. The third kappa shape index (κ3) is 3.99. The first kappa shape index (κ1) is 17.0. The van der Waals surface area contributed by atoms with Crippen LogP contribution < -0.4 is 5.32 Å². The van der Waals surface area contributed by atoms with Gasteiger partial charge >= 0.3 is 12.1 Å². The minimum absolute atomic E-state index is 0.0910. The summed E-state index contributed by atoms with van der Waals surface area (Å²) in [5.74, 6) is -1.75. The molecule has 2 aromatic rings. The molecule has 0 spiro atoms. The van der Waals surface area contributed by atoms with Crippen molar-refractivity contribution in [2.45, 2.75) is 25.1 Å². The number of aromatic carboxylic acids is 1. The van der Waals surface area contributed by atoms with Gasteiger partial charge in [-0.3, -0.25) is 4.79 Å². The van der Waals surface area contributed by atoms with Crippen molar-refractivity contribution < 1.29 is 27.9 Å². The first-order chi connectivity index (χ1) is 11.7. The highest BCUT2D eigenvalue weighted by atomic mass is 19.4. The van der Waals surface area contributed by atoms with Crippen LogP contribution in [0.15, 0.2) is 42.5 Å². The molecule has 0 unspecified atom stereocenters. The summed E-state index contributed by atoms with van der Waals surface area (Å²) in [5.41, 5.74) is -0.753. The molecule has 0 aliphatic heterocycles. The van der Waals surface area contributed by atoms with Crippen LogP contribution in [0, 0.1) is 0 Å². The largest absolute Gasteiger partial charge is 0.478 e. The number of halogens is 3. The minimum atomic E-state index is -4.67. The van der Waals surface area contributed by atoms with Crippen LogP contribution in [-0.2, 0) is 6.18 Å². The van der Waals surface area contributed by atoms with E-state index >= 15 is 0 Å². The van der Waals surface area contributed by atoms with Crippen LogP contribution in [0.1, 0.15) is 39.1 Å². The van der Waals surface area contributed by atoms with E-state index in [2.05, 4.69) is 5.32 Å². The van der Waals surface area contributed by atoms with Crippen LogP contribution in [0.3, 0.4) is 0 Å². The van der Waals surface area contributed by atoms with E-state index in [-0.39, 0.29) is 17.5 Å². The van der Waals surface area contributed by atoms with Crippen molar-refractivity contribution in [2.24, 2.45) is 0 Å². The van der Waals surface area contributed by atoms with Gasteiger partial charge in [-0.1, -0.05) is 12.1 Å². The maximum absolute atomic E-state index is 13.0. The van der Waals surface area contributed by atoms with Gasteiger partial charge in [0.05, 0.1) is 11.1 Å². The van der Waals surface area contributed by atoms with Gasteiger partial charge in [0.2, 0.25) is 0 Å². The molecule has 0 atom stereocenters. The minimum Gasteiger partial charge on any atom is -0.478 e. The number of nitrogens with one attached hydrogen (secondary N) is 1. The highest BCUT2D eigenvalue weighted by Gasteiger charge is 2.32. The lowest BCUT2D eigenvalue weighted by atomic mass is 9.98. The number of hydrogen-bond acceptors (Lipinski definition) is 2. The van der Waals surface area contributed by atoms with Crippen molar-refractivity contribution in [1.29, 1.82) is 0 Å². The molecule has 3 rings (SSSR count). The summed E-state index contributed by atoms with van der Waals surface area (Å²) < 4.78 is 39.1. The van der Waals surface area contributed by atoms with Crippen LogP contribution in [0.2, 0.25) is 0 Å². The number of amides is 1. The van der Waals surface area contributed by atoms with Gasteiger partial charge in [0, 0.05) is 11.6 Å². The topological polar surface area (TPSA) is 66.4 Å². The molecule has 2 aromatic carbocycles. The first-order valence-electron chi connectivity index (χ1n) is 7.61. The zero-order chi connectivity index (χ0) is 18.2. The molecule has 7 heteroatoms. The zero-order valence-electron chi connectivity index (χ0n) is 12.9. The van der Waals surface area contributed by atoms with Crippen molar-refractivity contribution >= 4 is 11.9 Å². The number of hydrogen-bond donors (Lipinski definition) is 2. The lowest BCUT2D eigenvalue weighted by molar-refractivity contribution is -0.137. The zero-order valence-corrected chi connectivity index (χ0v) is 12.9. The van der Waals surface area contributed by atoms with Gasteiger partial charge in [-0.05, 0) is 54.3 Å². The number of benzene rings is 2. The van der Waals surface area contributed by atoms with Crippen molar-refractivity contribution in [3.05, 3.63) is 59.2 Å². The molecule has 130 valence electrons. The number of carboxylic acids is 1. The maximum Gasteiger partial charge on any atom is 0.416 e. The van der Waals surface area contributed by atoms with Crippen molar-refractivity contribution in [3.63, 3.8) is 0 Å². The van der Waals surface area contributed by atoms with Gasteiger partial charge in [0.1, 0.15) is 0 Å². The summed E-state index contributed by atoms with van der Waals surface area (Å²) in [6.45, 7) is 0. The van der Waals surface area contributed by atoms with E-state index in [0.29, 0.717) is 17.2 Å². The van der Waals surface area contributed by atoms with Crippen LogP contribution >= 0.6 is 0 Å². The number of carbonyl (C=O) groups excluding carboxylic acids is 1. The van der Waals surface area contributed by atoms with E-state index in [1.165, 1.54) is 12.1 Å². The lowest BCUT2D eigenvalue weighted by Crippen LogP contribution is -2.25. The summed E-state index contributed by atoms with van der Waals surface area (Å²) in [6.07, 6.45) is -2.83. The molecule has 1 fully saturated rings. The molecule has 4 nitrogen and oxygen atoms in total. The second kappa shape index (κ2) is 6.23.